The molecule has 0 amide bonds. The fourth-order valence-corrected chi connectivity index (χ4v) is 1.95. The van der Waals surface area contributed by atoms with Gasteiger partial charge in [0.05, 0.1) is 6.61 Å². The van der Waals surface area contributed by atoms with E-state index in [4.69, 9.17) is 16.2 Å². The summed E-state index contributed by atoms with van der Waals surface area (Å²) in [5.74, 6) is 0.327. The van der Waals surface area contributed by atoms with E-state index in [1.165, 1.54) is 13.8 Å². The summed E-state index contributed by atoms with van der Waals surface area (Å²) in [5.41, 5.74) is 11.8. The zero-order chi connectivity index (χ0) is 18.2. The van der Waals surface area contributed by atoms with Crippen molar-refractivity contribution in [1.29, 1.82) is 0 Å². The van der Waals surface area contributed by atoms with Crippen molar-refractivity contribution in [2.75, 3.05) is 6.61 Å². The standard InChI is InChI=1S/C19H26N2O3/c1-4-6-15(20)13-16(21)7-5-12-24-17-10-8-14(9-11-17)18(22)19(2,3)23/h4,6-11,13,23H,5,12,20-21H2,1-3H3/b6-4-,15-13+,16-7+. The van der Waals surface area contributed by atoms with Gasteiger partial charge in [0, 0.05) is 23.4 Å². The van der Waals surface area contributed by atoms with Crippen molar-refractivity contribution >= 4 is 5.78 Å². The second-order valence-electron chi connectivity index (χ2n) is 5.90. The highest BCUT2D eigenvalue weighted by Gasteiger charge is 2.24. The van der Waals surface area contributed by atoms with Crippen LogP contribution in [0.3, 0.4) is 0 Å². The average Bonchev–Trinajstić information content (AvgIpc) is 2.50. The Bertz CT molecular complexity index is 636. The van der Waals surface area contributed by atoms with Crippen LogP contribution >= 0.6 is 0 Å². The van der Waals surface area contributed by atoms with Crippen LogP contribution in [0.15, 0.2) is 60.0 Å². The predicted molar refractivity (Wildman–Crippen MR) is 96.5 cm³/mol. The Hall–Kier alpha value is -2.53. The molecule has 0 saturated heterocycles. The Kier molecular flexibility index (Phi) is 7.27. The maximum Gasteiger partial charge on any atom is 0.193 e. The molecule has 0 spiro atoms. The van der Waals surface area contributed by atoms with Crippen LogP contribution in [0, 0.1) is 0 Å². The van der Waals surface area contributed by atoms with Gasteiger partial charge in [0.1, 0.15) is 11.4 Å². The van der Waals surface area contributed by atoms with Crippen molar-refractivity contribution in [1.82, 2.24) is 0 Å². The Morgan fingerprint density at radius 1 is 1.21 bits per heavy atom. The number of hydrogen-bond acceptors (Lipinski definition) is 5. The lowest BCUT2D eigenvalue weighted by Gasteiger charge is -2.15. The number of allylic oxidation sites excluding steroid dienone is 3. The molecule has 0 atom stereocenters. The quantitative estimate of drug-likeness (QED) is 0.387. The summed E-state index contributed by atoms with van der Waals surface area (Å²) in [4.78, 5) is 11.9. The van der Waals surface area contributed by atoms with Crippen molar-refractivity contribution in [3.63, 3.8) is 0 Å². The van der Waals surface area contributed by atoms with E-state index in [9.17, 15) is 9.90 Å². The third-order valence-electron chi connectivity index (χ3n) is 3.13. The van der Waals surface area contributed by atoms with Gasteiger partial charge < -0.3 is 21.3 Å². The molecule has 130 valence electrons. The van der Waals surface area contributed by atoms with Gasteiger partial charge in [0.15, 0.2) is 5.78 Å². The molecule has 0 radical (unpaired) electrons. The SMILES string of the molecule is C\C=C/C(N)=C\C(N)=C/CCOc1ccc(C(=O)C(C)(C)O)cc1. The van der Waals surface area contributed by atoms with Crippen LogP contribution < -0.4 is 16.2 Å². The topological polar surface area (TPSA) is 98.6 Å². The number of Topliss-reactive ketones (excluding diaryl/α,β-unsaturated/α-hetero) is 1. The van der Waals surface area contributed by atoms with Crippen LogP contribution in [0.5, 0.6) is 5.75 Å². The van der Waals surface area contributed by atoms with Crippen molar-refractivity contribution in [2.45, 2.75) is 32.8 Å². The lowest BCUT2D eigenvalue weighted by Crippen LogP contribution is -2.30. The summed E-state index contributed by atoms with van der Waals surface area (Å²) in [6.07, 6.45) is 7.78. The molecule has 0 bridgehead atoms. The Morgan fingerprint density at radius 2 is 1.83 bits per heavy atom. The lowest BCUT2D eigenvalue weighted by molar-refractivity contribution is 0.0488. The molecule has 5 nitrogen and oxygen atoms in total. The molecule has 1 aromatic carbocycles. The Morgan fingerprint density at radius 3 is 2.38 bits per heavy atom. The highest BCUT2D eigenvalue weighted by Crippen LogP contribution is 2.17. The largest absolute Gasteiger partial charge is 0.493 e. The van der Waals surface area contributed by atoms with Gasteiger partial charge in [-0.3, -0.25) is 4.79 Å². The summed E-state index contributed by atoms with van der Waals surface area (Å²) in [6.45, 7) is 5.27. The van der Waals surface area contributed by atoms with E-state index >= 15 is 0 Å². The van der Waals surface area contributed by atoms with Crippen molar-refractivity contribution in [2.24, 2.45) is 11.5 Å². The van der Waals surface area contributed by atoms with E-state index in [2.05, 4.69) is 0 Å². The predicted octanol–water partition coefficient (Wildman–Crippen LogP) is 2.67. The fraction of sp³-hybridized carbons (Fsp3) is 0.316. The number of benzene rings is 1. The van der Waals surface area contributed by atoms with Crippen LogP contribution in [0.25, 0.3) is 0 Å². The van der Waals surface area contributed by atoms with Crippen LogP contribution in [-0.4, -0.2) is 23.1 Å². The van der Waals surface area contributed by atoms with E-state index in [1.807, 2.05) is 19.1 Å². The maximum atomic E-state index is 11.9. The van der Waals surface area contributed by atoms with E-state index in [0.29, 0.717) is 35.7 Å². The molecule has 24 heavy (non-hydrogen) atoms. The third-order valence-corrected chi connectivity index (χ3v) is 3.13. The monoisotopic (exact) mass is 330 g/mol. The minimum atomic E-state index is -1.38. The van der Waals surface area contributed by atoms with Gasteiger partial charge in [-0.05, 0) is 57.2 Å². The van der Waals surface area contributed by atoms with E-state index < -0.39 is 5.60 Å². The molecule has 5 heteroatoms. The number of ketones is 1. The van der Waals surface area contributed by atoms with Gasteiger partial charge in [-0.15, -0.1) is 0 Å². The fourth-order valence-electron chi connectivity index (χ4n) is 1.95. The van der Waals surface area contributed by atoms with Crippen LogP contribution in [-0.2, 0) is 0 Å². The first-order valence-electron chi connectivity index (χ1n) is 7.79. The average molecular weight is 330 g/mol. The van der Waals surface area contributed by atoms with Crippen molar-refractivity contribution in [3.8, 4) is 5.75 Å². The molecule has 1 aromatic rings. The molecular weight excluding hydrogens is 304 g/mol. The van der Waals surface area contributed by atoms with Gasteiger partial charge in [0.2, 0.25) is 0 Å². The second kappa shape index (κ2) is 8.93. The Labute approximate surface area is 143 Å². The molecule has 0 fully saturated rings. The molecule has 0 aliphatic heterocycles. The van der Waals surface area contributed by atoms with Crippen LogP contribution in [0.2, 0.25) is 0 Å². The summed E-state index contributed by atoms with van der Waals surface area (Å²) in [5, 5.41) is 9.71. The van der Waals surface area contributed by atoms with E-state index in [0.717, 1.165) is 0 Å². The van der Waals surface area contributed by atoms with Crippen LogP contribution in [0.4, 0.5) is 0 Å². The zero-order valence-corrected chi connectivity index (χ0v) is 14.5. The smallest absolute Gasteiger partial charge is 0.193 e. The zero-order valence-electron chi connectivity index (χ0n) is 14.5. The molecule has 0 heterocycles. The van der Waals surface area contributed by atoms with Crippen molar-refractivity contribution in [3.05, 3.63) is 65.5 Å². The minimum absolute atomic E-state index is 0.324. The second-order valence-corrected chi connectivity index (χ2v) is 5.90. The number of rotatable bonds is 8. The molecule has 1 rings (SSSR count). The van der Waals surface area contributed by atoms with E-state index in [-0.39, 0.29) is 5.78 Å². The van der Waals surface area contributed by atoms with Crippen molar-refractivity contribution < 1.29 is 14.6 Å². The summed E-state index contributed by atoms with van der Waals surface area (Å²) in [7, 11) is 0. The van der Waals surface area contributed by atoms with Crippen LogP contribution in [0.1, 0.15) is 37.6 Å². The molecule has 0 saturated carbocycles. The molecule has 0 unspecified atom stereocenters. The summed E-state index contributed by atoms with van der Waals surface area (Å²) >= 11 is 0. The first kappa shape index (κ1) is 19.5. The first-order valence-corrected chi connectivity index (χ1v) is 7.79. The van der Waals surface area contributed by atoms with Gasteiger partial charge in [-0.2, -0.15) is 0 Å². The summed E-state index contributed by atoms with van der Waals surface area (Å²) in [6, 6.07) is 6.69. The molecule has 0 aromatic heterocycles. The van der Waals surface area contributed by atoms with Gasteiger partial charge in [0.25, 0.3) is 0 Å². The maximum absolute atomic E-state index is 11.9. The number of carbonyl (C=O) groups is 1. The van der Waals surface area contributed by atoms with E-state index in [1.54, 1.807) is 36.4 Å². The van der Waals surface area contributed by atoms with Gasteiger partial charge in [-0.1, -0.05) is 12.2 Å². The number of nitrogens with two attached hydrogens (primary N) is 2. The third kappa shape index (κ3) is 6.71. The number of aliphatic hydroxyl groups is 1. The van der Waals surface area contributed by atoms with Gasteiger partial charge >= 0.3 is 0 Å². The summed E-state index contributed by atoms with van der Waals surface area (Å²) < 4.78 is 5.59. The first-order chi connectivity index (χ1) is 11.2. The highest BCUT2D eigenvalue weighted by atomic mass is 16.5. The minimum Gasteiger partial charge on any atom is -0.493 e. The lowest BCUT2D eigenvalue weighted by atomic mass is 9.97. The highest BCUT2D eigenvalue weighted by molar-refractivity contribution is 6.01. The normalized spacial score (nSPS) is 13.3. The Balaban J connectivity index is 2.52. The molecule has 0 aliphatic carbocycles. The molecule has 0 aliphatic rings. The molecule has 5 N–H and O–H groups in total. The number of carbonyl (C=O) groups excluding carboxylic acids is 1. The number of ether oxygens (including phenoxy) is 1. The van der Waals surface area contributed by atoms with Gasteiger partial charge in [-0.25, -0.2) is 0 Å². The molecular formula is C19H26N2O3. The number of hydrogen-bond donors (Lipinski definition) is 3.